The van der Waals surface area contributed by atoms with Crippen LogP contribution >= 0.6 is 0 Å². The van der Waals surface area contributed by atoms with Gasteiger partial charge in [-0.25, -0.2) is 4.98 Å². The van der Waals surface area contributed by atoms with Gasteiger partial charge in [0.2, 0.25) is 0 Å². The van der Waals surface area contributed by atoms with Crippen LogP contribution in [0.25, 0.3) is 0 Å². The van der Waals surface area contributed by atoms with E-state index in [1.54, 1.807) is 0 Å². The Morgan fingerprint density at radius 2 is 2.19 bits per heavy atom. The van der Waals surface area contributed by atoms with E-state index in [9.17, 15) is 14.9 Å². The van der Waals surface area contributed by atoms with Crippen molar-refractivity contribution in [1.29, 1.82) is 0 Å². The van der Waals surface area contributed by atoms with Crippen molar-refractivity contribution in [3.63, 3.8) is 0 Å². The van der Waals surface area contributed by atoms with Gasteiger partial charge in [-0.3, -0.25) is 14.9 Å². The molecular weight excluding hydrogens is 272 g/mol. The molecule has 114 valence electrons. The summed E-state index contributed by atoms with van der Waals surface area (Å²) in [6.07, 6.45) is 5.02. The minimum atomic E-state index is -0.543. The van der Waals surface area contributed by atoms with E-state index in [0.717, 1.165) is 31.9 Å². The van der Waals surface area contributed by atoms with Crippen LogP contribution in [-0.2, 0) is 0 Å². The van der Waals surface area contributed by atoms with Crippen LogP contribution in [0.5, 0.6) is 0 Å². The van der Waals surface area contributed by atoms with Crippen molar-refractivity contribution < 1.29 is 9.72 Å². The quantitative estimate of drug-likeness (QED) is 0.620. The Bertz CT molecular complexity index is 550. The van der Waals surface area contributed by atoms with Crippen molar-refractivity contribution in [2.75, 3.05) is 11.9 Å². The normalized spacial score (nSPS) is 15.9. The highest BCUT2D eigenvalue weighted by atomic mass is 16.6. The Morgan fingerprint density at radius 1 is 1.48 bits per heavy atom. The van der Waals surface area contributed by atoms with Crippen LogP contribution in [0, 0.1) is 10.1 Å². The van der Waals surface area contributed by atoms with Gasteiger partial charge in [-0.15, -0.1) is 0 Å². The highest BCUT2D eigenvalue weighted by molar-refractivity contribution is 5.99. The summed E-state index contributed by atoms with van der Waals surface area (Å²) in [4.78, 5) is 26.8. The van der Waals surface area contributed by atoms with Crippen LogP contribution in [-0.4, -0.2) is 27.9 Å². The molecule has 21 heavy (non-hydrogen) atoms. The van der Waals surface area contributed by atoms with Crippen LogP contribution in [0.1, 0.15) is 49.9 Å². The highest BCUT2D eigenvalue weighted by Gasteiger charge is 2.37. The monoisotopic (exact) mass is 292 g/mol. The van der Waals surface area contributed by atoms with Crippen LogP contribution in [0.2, 0.25) is 0 Å². The predicted octanol–water partition coefficient (Wildman–Crippen LogP) is 2.48. The molecule has 0 aliphatic heterocycles. The van der Waals surface area contributed by atoms with E-state index in [1.165, 1.54) is 6.07 Å². The third-order valence-corrected chi connectivity index (χ3v) is 4.04. The summed E-state index contributed by atoms with van der Waals surface area (Å²) in [6, 6.07) is 1.28. The van der Waals surface area contributed by atoms with Gasteiger partial charge in [0.25, 0.3) is 11.6 Å². The number of carbonyl (C=O) groups excluding carboxylic acids is 1. The molecule has 0 radical (unpaired) electrons. The number of hydrogen-bond donors (Lipinski definition) is 2. The maximum Gasteiger partial charge on any atom is 0.288 e. The summed E-state index contributed by atoms with van der Waals surface area (Å²) < 4.78 is 0. The first-order valence-electron chi connectivity index (χ1n) is 7.22. The highest BCUT2D eigenvalue weighted by Crippen LogP contribution is 2.35. The van der Waals surface area contributed by atoms with Gasteiger partial charge in [-0.2, -0.15) is 0 Å². The van der Waals surface area contributed by atoms with Gasteiger partial charge in [-0.05, 0) is 32.6 Å². The number of carbonyl (C=O) groups is 1. The second-order valence-corrected chi connectivity index (χ2v) is 5.32. The molecule has 2 rings (SSSR count). The van der Waals surface area contributed by atoms with Crippen molar-refractivity contribution >= 4 is 17.4 Å². The third kappa shape index (κ3) is 3.12. The first-order valence-corrected chi connectivity index (χ1v) is 7.22. The van der Waals surface area contributed by atoms with Crippen LogP contribution in [0.4, 0.5) is 11.5 Å². The first kappa shape index (κ1) is 15.2. The average Bonchev–Trinajstić information content (AvgIpc) is 2.43. The summed E-state index contributed by atoms with van der Waals surface area (Å²) in [5.74, 6) is 0.0786. The lowest BCUT2D eigenvalue weighted by Crippen LogP contribution is -2.53. The maximum atomic E-state index is 12.5. The SMILES string of the molecule is CCNc1ncc([N+](=O)[O-])cc1C(=O)NC1(CC)CCC1. The molecule has 1 heterocycles. The summed E-state index contributed by atoms with van der Waals surface area (Å²) in [7, 11) is 0. The fourth-order valence-corrected chi connectivity index (χ4v) is 2.51. The molecule has 1 aliphatic rings. The number of nitro groups is 1. The summed E-state index contributed by atoms with van der Waals surface area (Å²) in [5, 5.41) is 16.9. The topological polar surface area (TPSA) is 97.2 Å². The third-order valence-electron chi connectivity index (χ3n) is 4.04. The molecule has 1 aromatic heterocycles. The Hall–Kier alpha value is -2.18. The molecule has 2 N–H and O–H groups in total. The second-order valence-electron chi connectivity index (χ2n) is 5.32. The molecule has 7 heteroatoms. The second kappa shape index (κ2) is 6.07. The fourth-order valence-electron chi connectivity index (χ4n) is 2.51. The molecule has 1 saturated carbocycles. The van der Waals surface area contributed by atoms with Crippen molar-refractivity contribution in [1.82, 2.24) is 10.3 Å². The number of aromatic nitrogens is 1. The summed E-state index contributed by atoms with van der Waals surface area (Å²) >= 11 is 0. The number of nitrogens with one attached hydrogen (secondary N) is 2. The molecule has 0 spiro atoms. The minimum Gasteiger partial charge on any atom is -0.370 e. The fraction of sp³-hybridized carbons (Fsp3) is 0.571. The van der Waals surface area contributed by atoms with E-state index in [4.69, 9.17) is 0 Å². The zero-order valence-corrected chi connectivity index (χ0v) is 12.3. The van der Waals surface area contributed by atoms with E-state index in [0.29, 0.717) is 12.4 Å². The smallest absolute Gasteiger partial charge is 0.288 e. The Labute approximate surface area is 123 Å². The van der Waals surface area contributed by atoms with E-state index >= 15 is 0 Å². The molecule has 0 saturated heterocycles. The van der Waals surface area contributed by atoms with Gasteiger partial charge in [0, 0.05) is 18.2 Å². The zero-order valence-electron chi connectivity index (χ0n) is 12.3. The standard InChI is InChI=1S/C14H20N4O3/c1-3-14(6-5-7-14)17-13(19)11-8-10(18(20)21)9-16-12(11)15-4-2/h8-9H,3-7H2,1-2H3,(H,15,16)(H,17,19). The number of anilines is 1. The first-order chi connectivity index (χ1) is 10.0. The molecule has 0 bridgehead atoms. The van der Waals surface area contributed by atoms with Crippen LogP contribution in [0.3, 0.4) is 0 Å². The molecule has 1 fully saturated rings. The lowest BCUT2D eigenvalue weighted by molar-refractivity contribution is -0.385. The van der Waals surface area contributed by atoms with E-state index in [1.807, 2.05) is 13.8 Å². The van der Waals surface area contributed by atoms with Gasteiger partial charge in [0.1, 0.15) is 12.0 Å². The minimum absolute atomic E-state index is 0.162. The molecule has 0 atom stereocenters. The van der Waals surface area contributed by atoms with Crippen molar-refractivity contribution in [3.8, 4) is 0 Å². The van der Waals surface area contributed by atoms with E-state index in [-0.39, 0.29) is 22.7 Å². The molecule has 1 aromatic rings. The molecule has 1 aliphatic carbocycles. The number of rotatable bonds is 6. The zero-order chi connectivity index (χ0) is 15.5. The molecule has 0 unspecified atom stereocenters. The summed E-state index contributed by atoms with van der Waals surface area (Å²) in [6.45, 7) is 4.50. The Balaban J connectivity index is 2.28. The lowest BCUT2D eigenvalue weighted by atomic mass is 9.74. The number of amides is 1. The van der Waals surface area contributed by atoms with Crippen LogP contribution < -0.4 is 10.6 Å². The van der Waals surface area contributed by atoms with Gasteiger partial charge >= 0.3 is 0 Å². The van der Waals surface area contributed by atoms with E-state index < -0.39 is 4.92 Å². The van der Waals surface area contributed by atoms with Gasteiger partial charge < -0.3 is 10.6 Å². The van der Waals surface area contributed by atoms with Crippen molar-refractivity contribution in [2.24, 2.45) is 0 Å². The van der Waals surface area contributed by atoms with Gasteiger partial charge in [0.15, 0.2) is 0 Å². The lowest BCUT2D eigenvalue weighted by Gasteiger charge is -2.42. The Morgan fingerprint density at radius 3 is 2.67 bits per heavy atom. The van der Waals surface area contributed by atoms with Crippen molar-refractivity contribution in [2.45, 2.75) is 45.1 Å². The number of nitrogens with zero attached hydrogens (tertiary/aromatic N) is 2. The largest absolute Gasteiger partial charge is 0.370 e. The number of hydrogen-bond acceptors (Lipinski definition) is 5. The Kier molecular flexibility index (Phi) is 4.40. The predicted molar refractivity (Wildman–Crippen MR) is 79.4 cm³/mol. The van der Waals surface area contributed by atoms with Crippen molar-refractivity contribution in [3.05, 3.63) is 27.9 Å². The maximum absolute atomic E-state index is 12.5. The molecule has 1 amide bonds. The summed E-state index contributed by atoms with van der Waals surface area (Å²) in [5.41, 5.74) is -0.114. The molecule has 0 aromatic carbocycles. The van der Waals surface area contributed by atoms with Gasteiger partial charge in [0.05, 0.1) is 10.5 Å². The average molecular weight is 292 g/mol. The molecular formula is C14H20N4O3. The van der Waals surface area contributed by atoms with Crippen LogP contribution in [0.15, 0.2) is 12.3 Å². The van der Waals surface area contributed by atoms with Gasteiger partial charge in [-0.1, -0.05) is 6.92 Å². The number of pyridine rings is 1. The van der Waals surface area contributed by atoms with E-state index in [2.05, 4.69) is 15.6 Å². The molecule has 7 nitrogen and oxygen atoms in total.